The van der Waals surface area contributed by atoms with E-state index in [0.29, 0.717) is 12.8 Å². The number of hydrogen-bond donors (Lipinski definition) is 1. The highest BCUT2D eigenvalue weighted by atomic mass is 16.2. The van der Waals surface area contributed by atoms with Gasteiger partial charge in [0, 0.05) is 50.7 Å². The molecule has 3 aliphatic rings. The van der Waals surface area contributed by atoms with Crippen LogP contribution in [0.1, 0.15) is 76.3 Å². The number of piperidine rings is 1. The third-order valence-corrected chi connectivity index (χ3v) is 8.57. The van der Waals surface area contributed by atoms with Gasteiger partial charge in [-0.05, 0) is 55.8 Å². The fourth-order valence-electron chi connectivity index (χ4n) is 6.42. The first-order valence-electron chi connectivity index (χ1n) is 13.8. The summed E-state index contributed by atoms with van der Waals surface area (Å²) >= 11 is 0. The van der Waals surface area contributed by atoms with Gasteiger partial charge in [-0.15, -0.1) is 0 Å². The maximum absolute atomic E-state index is 12.4. The van der Waals surface area contributed by atoms with E-state index in [4.69, 9.17) is 0 Å². The lowest BCUT2D eigenvalue weighted by molar-refractivity contribution is -0.134. The first kappa shape index (κ1) is 24.3. The molecule has 1 aromatic heterocycles. The third-order valence-electron chi connectivity index (χ3n) is 8.57. The van der Waals surface area contributed by atoms with Crippen molar-refractivity contribution in [2.75, 3.05) is 37.6 Å². The number of piperazine rings is 1. The number of carbonyl (C=O) groups excluding carboxylic acids is 2. The predicted octanol–water partition coefficient (Wildman–Crippen LogP) is 4.21. The largest absolute Gasteiger partial charge is 0.369 e. The number of rotatable bonds is 7. The SMILES string of the molecule is C[C@@H](CCN1CCN(c2ccc3c(C4CCC(=O)NC4=O)nn(C)c3c2)CC1)CC1CCCCC1. The van der Waals surface area contributed by atoms with E-state index in [1.165, 1.54) is 57.2 Å². The summed E-state index contributed by atoms with van der Waals surface area (Å²) in [6.45, 7) is 7.98. The zero-order valence-corrected chi connectivity index (χ0v) is 21.5. The highest BCUT2D eigenvalue weighted by molar-refractivity contribution is 6.02. The molecule has 2 aromatic rings. The van der Waals surface area contributed by atoms with Gasteiger partial charge < -0.3 is 4.90 Å². The van der Waals surface area contributed by atoms with E-state index < -0.39 is 0 Å². The van der Waals surface area contributed by atoms with Gasteiger partial charge in [0.05, 0.1) is 17.1 Å². The number of amides is 2. The number of aromatic nitrogens is 2. The van der Waals surface area contributed by atoms with Gasteiger partial charge in [-0.2, -0.15) is 5.10 Å². The van der Waals surface area contributed by atoms with E-state index in [0.717, 1.165) is 54.6 Å². The minimum Gasteiger partial charge on any atom is -0.369 e. The molecule has 7 nitrogen and oxygen atoms in total. The van der Waals surface area contributed by atoms with Crippen molar-refractivity contribution in [2.24, 2.45) is 18.9 Å². The van der Waals surface area contributed by atoms with Gasteiger partial charge in [-0.1, -0.05) is 39.0 Å². The van der Waals surface area contributed by atoms with Crippen LogP contribution in [0.4, 0.5) is 5.69 Å². The van der Waals surface area contributed by atoms with Crippen molar-refractivity contribution >= 4 is 28.4 Å². The van der Waals surface area contributed by atoms with Gasteiger partial charge >= 0.3 is 0 Å². The van der Waals surface area contributed by atoms with Crippen molar-refractivity contribution in [1.82, 2.24) is 20.0 Å². The fraction of sp³-hybridized carbons (Fsp3) is 0.679. The van der Waals surface area contributed by atoms with E-state index in [-0.39, 0.29) is 17.7 Å². The molecule has 190 valence electrons. The van der Waals surface area contributed by atoms with E-state index in [2.05, 4.69) is 45.3 Å². The number of hydrogen-bond acceptors (Lipinski definition) is 5. The van der Waals surface area contributed by atoms with E-state index >= 15 is 0 Å². The molecule has 35 heavy (non-hydrogen) atoms. The molecule has 0 radical (unpaired) electrons. The normalized spacial score (nSPS) is 23.6. The summed E-state index contributed by atoms with van der Waals surface area (Å²) < 4.78 is 1.88. The fourth-order valence-corrected chi connectivity index (χ4v) is 6.42. The highest BCUT2D eigenvalue weighted by Gasteiger charge is 2.31. The van der Waals surface area contributed by atoms with Crippen molar-refractivity contribution in [3.63, 3.8) is 0 Å². The molecular formula is C28H41N5O2. The molecular weight excluding hydrogens is 438 g/mol. The smallest absolute Gasteiger partial charge is 0.235 e. The summed E-state index contributed by atoms with van der Waals surface area (Å²) in [4.78, 5) is 29.1. The number of anilines is 1. The Kier molecular flexibility index (Phi) is 7.42. The standard InChI is InChI=1S/C28H41N5O2/c1-20(18-21-6-4-3-5-7-21)12-13-32-14-16-33(17-15-32)22-8-9-23-25(19-22)31(2)30-27(23)24-10-11-26(34)29-28(24)35/h8-9,19-21,24H,3-7,10-18H2,1-2H3,(H,29,34,35)/t20-,24?/m0/s1. The molecule has 2 aliphatic heterocycles. The summed E-state index contributed by atoms with van der Waals surface area (Å²) in [5.74, 6) is 1.04. The number of nitrogens with one attached hydrogen (secondary N) is 1. The Bertz CT molecular complexity index is 1050. The first-order valence-corrected chi connectivity index (χ1v) is 13.8. The lowest BCUT2D eigenvalue weighted by atomic mass is 9.82. The Morgan fingerprint density at radius 3 is 2.57 bits per heavy atom. The quantitative estimate of drug-likeness (QED) is 0.603. The van der Waals surface area contributed by atoms with Crippen LogP contribution < -0.4 is 10.2 Å². The number of fused-ring (bicyclic) bond motifs is 1. The summed E-state index contributed by atoms with van der Waals surface area (Å²) in [5.41, 5.74) is 3.05. The third kappa shape index (κ3) is 5.55. The molecule has 5 rings (SSSR count). The minimum absolute atomic E-state index is 0.188. The van der Waals surface area contributed by atoms with E-state index in [1.54, 1.807) is 0 Å². The predicted molar refractivity (Wildman–Crippen MR) is 139 cm³/mol. The van der Waals surface area contributed by atoms with Crippen LogP contribution in [-0.4, -0.2) is 59.2 Å². The van der Waals surface area contributed by atoms with Crippen LogP contribution in [0.2, 0.25) is 0 Å². The molecule has 0 bridgehead atoms. The Morgan fingerprint density at radius 1 is 1.06 bits per heavy atom. The van der Waals surface area contributed by atoms with Crippen molar-refractivity contribution in [1.29, 1.82) is 0 Å². The molecule has 1 unspecified atom stereocenters. The Balaban J connectivity index is 1.16. The summed E-state index contributed by atoms with van der Waals surface area (Å²) in [5, 5.41) is 8.16. The van der Waals surface area contributed by atoms with Gasteiger partial charge in [0.2, 0.25) is 11.8 Å². The topological polar surface area (TPSA) is 70.5 Å². The molecule has 2 atom stereocenters. The molecule has 0 spiro atoms. The second-order valence-electron chi connectivity index (χ2n) is 11.2. The Morgan fingerprint density at radius 2 is 1.83 bits per heavy atom. The number of nitrogens with zero attached hydrogens (tertiary/aromatic N) is 4. The Labute approximate surface area is 209 Å². The van der Waals surface area contributed by atoms with Crippen molar-refractivity contribution in [3.05, 3.63) is 23.9 Å². The van der Waals surface area contributed by atoms with Crippen LogP contribution in [0.5, 0.6) is 0 Å². The second-order valence-corrected chi connectivity index (χ2v) is 11.2. The summed E-state index contributed by atoms with van der Waals surface area (Å²) in [7, 11) is 1.94. The molecule has 1 saturated carbocycles. The number of imide groups is 1. The second kappa shape index (κ2) is 10.7. The van der Waals surface area contributed by atoms with Crippen LogP contribution in [0, 0.1) is 11.8 Å². The van der Waals surface area contributed by atoms with Crippen molar-refractivity contribution in [2.45, 2.75) is 70.6 Å². The molecule has 3 heterocycles. The van der Waals surface area contributed by atoms with Gasteiger partial charge in [0.1, 0.15) is 0 Å². The summed E-state index contributed by atoms with van der Waals surface area (Å²) in [6, 6.07) is 6.48. The monoisotopic (exact) mass is 479 g/mol. The lowest BCUT2D eigenvalue weighted by Crippen LogP contribution is -2.46. The van der Waals surface area contributed by atoms with Crippen LogP contribution >= 0.6 is 0 Å². The molecule has 2 amide bonds. The van der Waals surface area contributed by atoms with E-state index in [1.807, 2.05) is 11.7 Å². The molecule has 3 fully saturated rings. The van der Waals surface area contributed by atoms with Crippen LogP contribution in [0.25, 0.3) is 10.9 Å². The molecule has 1 aromatic carbocycles. The first-order chi connectivity index (χ1) is 17.0. The lowest BCUT2D eigenvalue weighted by Gasteiger charge is -2.36. The average Bonchev–Trinajstić information content (AvgIpc) is 3.19. The molecule has 1 aliphatic carbocycles. The maximum Gasteiger partial charge on any atom is 0.235 e. The number of aryl methyl sites for hydroxylation is 1. The molecule has 2 saturated heterocycles. The van der Waals surface area contributed by atoms with Gasteiger partial charge in [-0.3, -0.25) is 24.5 Å². The van der Waals surface area contributed by atoms with Crippen molar-refractivity contribution in [3.8, 4) is 0 Å². The maximum atomic E-state index is 12.4. The number of carbonyl (C=O) groups is 2. The average molecular weight is 480 g/mol. The Hall–Kier alpha value is -2.41. The molecule has 7 heteroatoms. The van der Waals surface area contributed by atoms with Gasteiger partial charge in [-0.25, -0.2) is 0 Å². The summed E-state index contributed by atoms with van der Waals surface area (Å²) in [6.07, 6.45) is 10.9. The zero-order valence-electron chi connectivity index (χ0n) is 21.5. The van der Waals surface area contributed by atoms with Crippen molar-refractivity contribution < 1.29 is 9.59 Å². The zero-order chi connectivity index (χ0) is 24.4. The van der Waals surface area contributed by atoms with Crippen LogP contribution in [0.3, 0.4) is 0 Å². The van der Waals surface area contributed by atoms with Crippen LogP contribution in [-0.2, 0) is 16.6 Å². The molecule has 1 N–H and O–H groups in total. The minimum atomic E-state index is -0.355. The van der Waals surface area contributed by atoms with Gasteiger partial charge in [0.15, 0.2) is 0 Å². The van der Waals surface area contributed by atoms with Gasteiger partial charge in [0.25, 0.3) is 0 Å². The highest BCUT2D eigenvalue weighted by Crippen LogP contribution is 2.33. The van der Waals surface area contributed by atoms with Crippen LogP contribution in [0.15, 0.2) is 18.2 Å². The number of benzene rings is 1. The van der Waals surface area contributed by atoms with E-state index in [9.17, 15) is 9.59 Å².